The summed E-state index contributed by atoms with van der Waals surface area (Å²) in [5.41, 5.74) is 14.0. The van der Waals surface area contributed by atoms with E-state index in [0.717, 1.165) is 22.7 Å². The number of aromatic nitrogens is 1. The van der Waals surface area contributed by atoms with Crippen molar-refractivity contribution in [3.05, 3.63) is 206 Å². The number of hydrogen-bond donors (Lipinski definition) is 0. The Morgan fingerprint density at radius 1 is 0.320 bits per heavy atom. The minimum atomic E-state index is 1.10. The van der Waals surface area contributed by atoms with Gasteiger partial charge < -0.3 is 9.47 Å². The van der Waals surface area contributed by atoms with E-state index in [1.807, 2.05) is 0 Å². The number of benzene rings is 8. The summed E-state index contributed by atoms with van der Waals surface area (Å²) in [6.45, 7) is 0. The lowest BCUT2D eigenvalue weighted by atomic mass is 9.97. The first kappa shape index (κ1) is 29.5. The summed E-state index contributed by atoms with van der Waals surface area (Å²) in [5.74, 6) is 0. The molecule has 0 aliphatic heterocycles. The summed E-state index contributed by atoms with van der Waals surface area (Å²) in [4.78, 5) is 2.44. The quantitative estimate of drug-likeness (QED) is 0.169. The van der Waals surface area contributed by atoms with Crippen LogP contribution in [0, 0.1) is 0 Å². The Morgan fingerprint density at radius 2 is 0.800 bits per heavy atom. The number of nitrogens with zero attached hydrogens (tertiary/aromatic N) is 2. The van der Waals surface area contributed by atoms with Crippen LogP contribution < -0.4 is 4.90 Å². The Hall–Kier alpha value is -6.64. The van der Waals surface area contributed by atoms with Crippen LogP contribution >= 0.6 is 0 Å². The van der Waals surface area contributed by atoms with Gasteiger partial charge in [0, 0.05) is 27.7 Å². The summed E-state index contributed by atoms with van der Waals surface area (Å²) in [5, 5.41) is 2.44. The van der Waals surface area contributed by atoms with Gasteiger partial charge in [0.1, 0.15) is 0 Å². The number of rotatable bonds is 7. The third-order valence-corrected chi connectivity index (χ3v) is 9.61. The van der Waals surface area contributed by atoms with Crippen LogP contribution in [-0.4, -0.2) is 4.57 Å². The first-order valence-electron chi connectivity index (χ1n) is 17.1. The van der Waals surface area contributed by atoms with Crippen molar-refractivity contribution < 1.29 is 0 Å². The molecule has 2 heteroatoms. The van der Waals surface area contributed by atoms with Gasteiger partial charge in [-0.1, -0.05) is 158 Å². The third kappa shape index (κ3) is 5.24. The van der Waals surface area contributed by atoms with Crippen LogP contribution in [-0.2, 0) is 0 Å². The summed E-state index contributed by atoms with van der Waals surface area (Å²) in [7, 11) is 0. The Kier molecular flexibility index (Phi) is 7.53. The molecular weight excluding hydrogens is 605 g/mol. The fourth-order valence-corrected chi connectivity index (χ4v) is 7.27. The van der Waals surface area contributed by atoms with Gasteiger partial charge in [-0.3, -0.25) is 0 Å². The molecule has 236 valence electrons. The maximum atomic E-state index is 2.44. The predicted molar refractivity (Wildman–Crippen MR) is 212 cm³/mol. The number of fused-ring (bicyclic) bond motifs is 3. The van der Waals surface area contributed by atoms with Crippen molar-refractivity contribution in [1.29, 1.82) is 0 Å². The van der Waals surface area contributed by atoms with E-state index in [9.17, 15) is 0 Å². The normalized spacial score (nSPS) is 11.2. The first-order valence-corrected chi connectivity index (χ1v) is 17.1. The van der Waals surface area contributed by atoms with Crippen molar-refractivity contribution in [1.82, 2.24) is 4.57 Å². The first-order chi connectivity index (χ1) is 24.8. The molecule has 0 radical (unpaired) electrons. The smallest absolute Gasteiger partial charge is 0.0562 e. The average molecular weight is 639 g/mol. The fraction of sp³-hybridized carbons (Fsp3) is 0. The lowest BCUT2D eigenvalue weighted by molar-refractivity contribution is 1.18. The Bertz CT molecular complexity index is 2550. The van der Waals surface area contributed by atoms with E-state index < -0.39 is 0 Å². The lowest BCUT2D eigenvalue weighted by Crippen LogP contribution is -2.11. The van der Waals surface area contributed by atoms with Gasteiger partial charge in [-0.2, -0.15) is 0 Å². The highest BCUT2D eigenvalue weighted by Crippen LogP contribution is 2.46. The van der Waals surface area contributed by atoms with E-state index in [2.05, 4.69) is 216 Å². The molecule has 9 aromatic rings. The topological polar surface area (TPSA) is 8.17 Å². The Balaban J connectivity index is 1.27. The van der Waals surface area contributed by atoms with Crippen LogP contribution in [0.5, 0.6) is 0 Å². The fourth-order valence-electron chi connectivity index (χ4n) is 7.27. The van der Waals surface area contributed by atoms with Crippen molar-refractivity contribution in [2.75, 3.05) is 4.90 Å². The second-order valence-corrected chi connectivity index (χ2v) is 12.6. The highest BCUT2D eigenvalue weighted by atomic mass is 15.1. The van der Waals surface area contributed by atoms with E-state index in [4.69, 9.17) is 0 Å². The predicted octanol–water partition coefficient (Wildman–Crippen LogP) is 13.3. The summed E-state index contributed by atoms with van der Waals surface area (Å²) in [6.07, 6.45) is 0. The van der Waals surface area contributed by atoms with Crippen molar-refractivity contribution in [3.8, 4) is 39.1 Å². The molecule has 0 fully saturated rings. The van der Waals surface area contributed by atoms with Crippen LogP contribution in [0.15, 0.2) is 206 Å². The summed E-state index contributed by atoms with van der Waals surface area (Å²) >= 11 is 0. The minimum absolute atomic E-state index is 1.10. The van der Waals surface area contributed by atoms with Crippen molar-refractivity contribution in [3.63, 3.8) is 0 Å². The molecule has 0 amide bonds. The number of anilines is 3. The molecule has 0 aliphatic rings. The minimum Gasteiger partial charge on any atom is -0.309 e. The van der Waals surface area contributed by atoms with Gasteiger partial charge in [0.25, 0.3) is 0 Å². The van der Waals surface area contributed by atoms with Crippen LogP contribution in [0.2, 0.25) is 0 Å². The average Bonchev–Trinajstić information content (AvgIpc) is 3.55. The molecule has 0 spiro atoms. The SMILES string of the molecule is c1ccc(-c2ccc(-c3ccccc3N(c3ccc(-c4ccccc4)cc3)c3cccc4c3c3ccccc3n4-c3ccccc3)cc2)cc1. The van der Waals surface area contributed by atoms with Gasteiger partial charge in [0.2, 0.25) is 0 Å². The highest BCUT2D eigenvalue weighted by molar-refractivity contribution is 6.17. The molecule has 0 atom stereocenters. The van der Waals surface area contributed by atoms with Crippen molar-refractivity contribution in [2.24, 2.45) is 0 Å². The Morgan fingerprint density at radius 3 is 1.48 bits per heavy atom. The van der Waals surface area contributed by atoms with Crippen molar-refractivity contribution in [2.45, 2.75) is 0 Å². The zero-order valence-corrected chi connectivity index (χ0v) is 27.5. The molecule has 9 rings (SSSR count). The highest BCUT2D eigenvalue weighted by Gasteiger charge is 2.23. The largest absolute Gasteiger partial charge is 0.309 e. The van der Waals surface area contributed by atoms with Gasteiger partial charge in [-0.05, 0) is 76.3 Å². The molecule has 0 bridgehead atoms. The second-order valence-electron chi connectivity index (χ2n) is 12.6. The standard InChI is InChI=1S/C48H34N2/c1-4-15-35(16-5-1)37-27-29-39(30-28-37)42-21-10-12-23-44(42)50(41-33-31-38(32-34-41)36-17-6-2-7-18-36)47-26-14-25-46-48(47)43-22-11-13-24-45(43)49(46)40-19-8-3-9-20-40/h1-34H. The van der Waals surface area contributed by atoms with Gasteiger partial charge in [-0.25, -0.2) is 0 Å². The maximum Gasteiger partial charge on any atom is 0.0562 e. The van der Waals surface area contributed by atoms with Crippen LogP contribution in [0.1, 0.15) is 0 Å². The molecule has 1 heterocycles. The van der Waals surface area contributed by atoms with E-state index >= 15 is 0 Å². The number of hydrogen-bond acceptors (Lipinski definition) is 1. The summed E-state index contributed by atoms with van der Waals surface area (Å²) < 4.78 is 2.39. The summed E-state index contributed by atoms with van der Waals surface area (Å²) in [6, 6.07) is 74.0. The van der Waals surface area contributed by atoms with Crippen LogP contribution in [0.4, 0.5) is 17.1 Å². The van der Waals surface area contributed by atoms with Crippen LogP contribution in [0.3, 0.4) is 0 Å². The molecule has 1 aromatic heterocycles. The van der Waals surface area contributed by atoms with E-state index in [1.165, 1.54) is 55.2 Å². The van der Waals surface area contributed by atoms with Gasteiger partial charge in [0.05, 0.1) is 22.4 Å². The van der Waals surface area contributed by atoms with Crippen LogP contribution in [0.25, 0.3) is 60.9 Å². The van der Waals surface area contributed by atoms with Gasteiger partial charge in [-0.15, -0.1) is 0 Å². The molecular formula is C48H34N2. The second kappa shape index (κ2) is 12.8. The van der Waals surface area contributed by atoms with Gasteiger partial charge >= 0.3 is 0 Å². The maximum absolute atomic E-state index is 2.44. The molecule has 50 heavy (non-hydrogen) atoms. The third-order valence-electron chi connectivity index (χ3n) is 9.61. The Labute approximate surface area is 292 Å². The molecule has 0 saturated heterocycles. The molecule has 2 nitrogen and oxygen atoms in total. The monoisotopic (exact) mass is 638 g/mol. The molecule has 8 aromatic carbocycles. The molecule has 0 N–H and O–H groups in total. The van der Waals surface area contributed by atoms with E-state index in [-0.39, 0.29) is 0 Å². The lowest BCUT2D eigenvalue weighted by Gasteiger charge is -2.29. The van der Waals surface area contributed by atoms with Gasteiger partial charge in [0.15, 0.2) is 0 Å². The molecule has 0 aliphatic carbocycles. The van der Waals surface area contributed by atoms with E-state index in [1.54, 1.807) is 0 Å². The number of para-hydroxylation sites is 3. The zero-order chi connectivity index (χ0) is 33.3. The molecule has 0 saturated carbocycles. The zero-order valence-electron chi connectivity index (χ0n) is 27.5. The van der Waals surface area contributed by atoms with Crippen molar-refractivity contribution >= 4 is 38.9 Å². The van der Waals surface area contributed by atoms with E-state index in [0.29, 0.717) is 0 Å². The molecule has 0 unspecified atom stereocenters.